The fourth-order valence-electron chi connectivity index (χ4n) is 3.34. The molecule has 1 aliphatic rings. The lowest BCUT2D eigenvalue weighted by molar-refractivity contribution is -0.115. The normalized spacial score (nSPS) is 14.9. The predicted octanol–water partition coefficient (Wildman–Crippen LogP) is 2.80. The molecular weight excluding hydrogens is 410 g/mol. The summed E-state index contributed by atoms with van der Waals surface area (Å²) in [6, 6.07) is 6.88. The van der Waals surface area contributed by atoms with Gasteiger partial charge in [0.15, 0.2) is 0 Å². The molecule has 29 heavy (non-hydrogen) atoms. The smallest absolute Gasteiger partial charge is 0.243 e. The van der Waals surface area contributed by atoms with E-state index in [1.54, 1.807) is 29.5 Å². The minimum atomic E-state index is -3.62. The third-order valence-electron chi connectivity index (χ3n) is 4.88. The van der Waals surface area contributed by atoms with Crippen LogP contribution in [0.5, 0.6) is 0 Å². The molecule has 1 amide bonds. The van der Waals surface area contributed by atoms with E-state index in [-0.39, 0.29) is 17.2 Å². The number of morpholine rings is 1. The molecule has 0 aliphatic carbocycles. The van der Waals surface area contributed by atoms with Gasteiger partial charge in [-0.05, 0) is 40.6 Å². The number of nitrogens with zero attached hydrogens (tertiary/aromatic N) is 2. The SMILES string of the molecule is CCN(CC)S(=O)(=O)c1ccc(N2CCOCC2)c(NC(=O)Cc2ccsc2)c1. The van der Waals surface area contributed by atoms with Gasteiger partial charge in [0, 0.05) is 26.2 Å². The van der Waals surface area contributed by atoms with Gasteiger partial charge in [-0.1, -0.05) is 13.8 Å². The van der Waals surface area contributed by atoms with Crippen molar-refractivity contribution in [2.24, 2.45) is 0 Å². The number of carbonyl (C=O) groups excluding carboxylic acids is 1. The maximum Gasteiger partial charge on any atom is 0.243 e. The summed E-state index contributed by atoms with van der Waals surface area (Å²) in [4.78, 5) is 14.9. The monoisotopic (exact) mass is 437 g/mol. The molecule has 0 radical (unpaired) electrons. The molecular formula is C20H27N3O4S2. The Morgan fingerprint density at radius 2 is 1.93 bits per heavy atom. The third-order valence-corrected chi connectivity index (χ3v) is 7.66. The molecule has 0 unspecified atom stereocenters. The highest BCUT2D eigenvalue weighted by molar-refractivity contribution is 7.89. The van der Waals surface area contributed by atoms with Crippen molar-refractivity contribution in [2.45, 2.75) is 25.2 Å². The molecule has 1 fully saturated rings. The molecule has 158 valence electrons. The minimum absolute atomic E-state index is 0.171. The zero-order chi connectivity index (χ0) is 20.9. The molecule has 0 atom stereocenters. The van der Waals surface area contributed by atoms with Crippen LogP contribution in [-0.4, -0.2) is 58.0 Å². The van der Waals surface area contributed by atoms with Crippen LogP contribution >= 0.6 is 11.3 Å². The highest BCUT2D eigenvalue weighted by Crippen LogP contribution is 2.31. The lowest BCUT2D eigenvalue weighted by Crippen LogP contribution is -2.37. The highest BCUT2D eigenvalue weighted by Gasteiger charge is 2.24. The molecule has 9 heteroatoms. The van der Waals surface area contributed by atoms with Gasteiger partial charge in [0.25, 0.3) is 0 Å². The lowest BCUT2D eigenvalue weighted by Gasteiger charge is -2.31. The Morgan fingerprint density at radius 3 is 2.55 bits per heavy atom. The van der Waals surface area contributed by atoms with Crippen molar-refractivity contribution in [2.75, 3.05) is 49.6 Å². The van der Waals surface area contributed by atoms with Crippen LogP contribution in [0.4, 0.5) is 11.4 Å². The molecule has 0 spiro atoms. The van der Waals surface area contributed by atoms with E-state index < -0.39 is 10.0 Å². The maximum atomic E-state index is 13.0. The number of thiophene rings is 1. The molecule has 0 saturated carbocycles. The van der Waals surface area contributed by atoms with Crippen molar-refractivity contribution in [1.82, 2.24) is 4.31 Å². The Labute approximate surface area is 176 Å². The summed E-state index contributed by atoms with van der Waals surface area (Å²) >= 11 is 1.54. The minimum Gasteiger partial charge on any atom is -0.378 e. The van der Waals surface area contributed by atoms with Crippen LogP contribution in [0.25, 0.3) is 0 Å². The summed E-state index contributed by atoms with van der Waals surface area (Å²) in [6.45, 7) is 6.99. The number of ether oxygens (including phenoxy) is 1. The first-order chi connectivity index (χ1) is 14.0. The highest BCUT2D eigenvalue weighted by atomic mass is 32.2. The van der Waals surface area contributed by atoms with Crippen molar-refractivity contribution < 1.29 is 17.9 Å². The second kappa shape index (κ2) is 9.71. The fourth-order valence-corrected chi connectivity index (χ4v) is 5.49. The van der Waals surface area contributed by atoms with Crippen LogP contribution in [0.1, 0.15) is 19.4 Å². The van der Waals surface area contributed by atoms with Gasteiger partial charge in [-0.25, -0.2) is 8.42 Å². The summed E-state index contributed by atoms with van der Waals surface area (Å²) in [5, 5.41) is 6.80. The molecule has 3 rings (SSSR count). The van der Waals surface area contributed by atoms with Crippen LogP contribution in [0.2, 0.25) is 0 Å². The van der Waals surface area contributed by atoms with Crippen molar-refractivity contribution >= 4 is 38.6 Å². The Hall–Kier alpha value is -1.94. The maximum absolute atomic E-state index is 13.0. The first-order valence-electron chi connectivity index (χ1n) is 9.73. The number of carbonyl (C=O) groups is 1. The second-order valence-corrected chi connectivity index (χ2v) is 9.44. The van der Waals surface area contributed by atoms with Gasteiger partial charge in [0.05, 0.1) is 35.9 Å². The van der Waals surface area contributed by atoms with E-state index in [2.05, 4.69) is 10.2 Å². The molecule has 2 aromatic rings. The van der Waals surface area contributed by atoms with Gasteiger partial charge >= 0.3 is 0 Å². The Morgan fingerprint density at radius 1 is 1.21 bits per heavy atom. The summed E-state index contributed by atoms with van der Waals surface area (Å²) in [5.41, 5.74) is 2.26. The van der Waals surface area contributed by atoms with Gasteiger partial charge in [-0.2, -0.15) is 15.6 Å². The first-order valence-corrected chi connectivity index (χ1v) is 12.1. The zero-order valence-electron chi connectivity index (χ0n) is 16.8. The number of rotatable bonds is 8. The Kier molecular flexibility index (Phi) is 7.28. The molecule has 1 aromatic carbocycles. The number of sulfonamides is 1. The lowest BCUT2D eigenvalue weighted by atomic mass is 10.2. The van der Waals surface area contributed by atoms with Crippen molar-refractivity contribution in [3.8, 4) is 0 Å². The van der Waals surface area contributed by atoms with Gasteiger partial charge in [0.2, 0.25) is 15.9 Å². The van der Waals surface area contributed by atoms with Gasteiger partial charge in [-0.15, -0.1) is 0 Å². The van der Waals surface area contributed by atoms with Gasteiger partial charge in [0.1, 0.15) is 0 Å². The van der Waals surface area contributed by atoms with Crippen LogP contribution in [-0.2, 0) is 26.0 Å². The number of benzene rings is 1. The predicted molar refractivity (Wildman–Crippen MR) is 116 cm³/mol. The molecule has 0 bridgehead atoms. The summed E-state index contributed by atoms with van der Waals surface area (Å²) in [7, 11) is -3.62. The molecule has 1 aromatic heterocycles. The zero-order valence-corrected chi connectivity index (χ0v) is 18.4. The summed E-state index contributed by atoms with van der Waals surface area (Å²) < 4.78 is 32.7. The summed E-state index contributed by atoms with van der Waals surface area (Å²) in [6.07, 6.45) is 0.249. The van der Waals surface area contributed by atoms with E-state index in [0.29, 0.717) is 45.1 Å². The summed E-state index contributed by atoms with van der Waals surface area (Å²) in [5.74, 6) is -0.171. The topological polar surface area (TPSA) is 79.0 Å². The van der Waals surface area contributed by atoms with E-state index in [0.717, 1.165) is 11.3 Å². The Balaban J connectivity index is 1.93. The third kappa shape index (κ3) is 5.16. The van der Waals surface area contributed by atoms with Crippen LogP contribution in [0, 0.1) is 0 Å². The van der Waals surface area contributed by atoms with Crippen LogP contribution in [0.15, 0.2) is 39.9 Å². The largest absolute Gasteiger partial charge is 0.378 e. The number of nitrogens with one attached hydrogen (secondary N) is 1. The number of amides is 1. The van der Waals surface area contributed by atoms with E-state index in [4.69, 9.17) is 4.74 Å². The Bertz CT molecular complexity index is 919. The molecule has 1 N–H and O–H groups in total. The first kappa shape index (κ1) is 21.8. The second-order valence-electron chi connectivity index (χ2n) is 6.72. The quantitative estimate of drug-likeness (QED) is 0.687. The molecule has 1 saturated heterocycles. The molecule has 7 nitrogen and oxygen atoms in total. The van der Waals surface area contributed by atoms with Crippen molar-refractivity contribution in [3.05, 3.63) is 40.6 Å². The molecule has 2 heterocycles. The fraction of sp³-hybridized carbons (Fsp3) is 0.450. The van der Waals surface area contributed by atoms with Crippen molar-refractivity contribution in [3.63, 3.8) is 0 Å². The van der Waals surface area contributed by atoms with Crippen molar-refractivity contribution in [1.29, 1.82) is 0 Å². The van der Waals surface area contributed by atoms with E-state index >= 15 is 0 Å². The average molecular weight is 438 g/mol. The number of hydrogen-bond acceptors (Lipinski definition) is 6. The van der Waals surface area contributed by atoms with Crippen LogP contribution < -0.4 is 10.2 Å². The molecule has 1 aliphatic heterocycles. The number of hydrogen-bond donors (Lipinski definition) is 1. The average Bonchev–Trinajstić information content (AvgIpc) is 3.22. The standard InChI is InChI=1S/C20H27N3O4S2/c1-3-23(4-2)29(25,26)17-5-6-19(22-8-10-27-11-9-22)18(14-17)21-20(24)13-16-7-12-28-15-16/h5-7,12,14-15H,3-4,8-11,13H2,1-2H3,(H,21,24). The van der Waals surface area contributed by atoms with E-state index in [1.807, 2.05) is 30.7 Å². The van der Waals surface area contributed by atoms with Gasteiger partial charge < -0.3 is 15.0 Å². The van der Waals surface area contributed by atoms with E-state index in [1.165, 1.54) is 4.31 Å². The number of anilines is 2. The van der Waals surface area contributed by atoms with Crippen LogP contribution in [0.3, 0.4) is 0 Å². The van der Waals surface area contributed by atoms with Gasteiger partial charge in [-0.3, -0.25) is 4.79 Å². The van der Waals surface area contributed by atoms with E-state index in [9.17, 15) is 13.2 Å².